The molecule has 0 aliphatic rings. The van der Waals surface area contributed by atoms with Gasteiger partial charge < -0.3 is 21.2 Å². The van der Waals surface area contributed by atoms with Crippen LogP contribution < -0.4 is 11.5 Å². The zero-order valence-corrected chi connectivity index (χ0v) is 10.3. The number of methoxy groups -OCH3 is 1. The molecule has 0 radical (unpaired) electrons. The number of ether oxygens (including phenoxy) is 1. The molecule has 2 rings (SSSR count). The lowest BCUT2D eigenvalue weighted by atomic mass is 10.1. The number of hydrogen-bond donors (Lipinski definition) is 3. The third-order valence-electron chi connectivity index (χ3n) is 2.74. The number of primary amides is 1. The van der Waals surface area contributed by atoms with Gasteiger partial charge in [0.15, 0.2) is 0 Å². The second kappa shape index (κ2) is 4.85. The van der Waals surface area contributed by atoms with Crippen LogP contribution >= 0.6 is 0 Å². The fourth-order valence-electron chi connectivity index (χ4n) is 1.85. The fraction of sp³-hybridized carbons (Fsp3) is 0.0769. The van der Waals surface area contributed by atoms with Gasteiger partial charge in [-0.25, -0.2) is 4.79 Å². The largest absolute Gasteiger partial charge is 0.465 e. The second-order valence-corrected chi connectivity index (χ2v) is 3.89. The number of amides is 1. The molecule has 1 aromatic carbocycles. The molecule has 5 N–H and O–H groups in total. The number of nitrogens with one attached hydrogen (secondary N) is 1. The van der Waals surface area contributed by atoms with Gasteiger partial charge in [-0.15, -0.1) is 0 Å². The molecule has 1 amide bonds. The van der Waals surface area contributed by atoms with Crippen molar-refractivity contribution in [3.8, 4) is 11.3 Å². The molecule has 19 heavy (non-hydrogen) atoms. The predicted octanol–water partition coefficient (Wildman–Crippen LogP) is 1.15. The molecule has 0 unspecified atom stereocenters. The van der Waals surface area contributed by atoms with E-state index in [1.165, 1.54) is 7.11 Å². The Kier molecular flexibility index (Phi) is 3.24. The highest BCUT2D eigenvalue weighted by molar-refractivity contribution is 6.10. The summed E-state index contributed by atoms with van der Waals surface area (Å²) in [6.45, 7) is 0. The van der Waals surface area contributed by atoms with Crippen molar-refractivity contribution in [1.82, 2.24) is 4.98 Å². The number of carbonyl (C=O) groups is 2. The zero-order valence-electron chi connectivity index (χ0n) is 10.3. The highest BCUT2D eigenvalue weighted by atomic mass is 16.5. The van der Waals surface area contributed by atoms with Gasteiger partial charge in [0.25, 0.3) is 5.91 Å². The van der Waals surface area contributed by atoms with Crippen molar-refractivity contribution in [3.63, 3.8) is 0 Å². The predicted molar refractivity (Wildman–Crippen MR) is 70.5 cm³/mol. The summed E-state index contributed by atoms with van der Waals surface area (Å²) in [4.78, 5) is 25.8. The Morgan fingerprint density at radius 3 is 2.37 bits per heavy atom. The van der Waals surface area contributed by atoms with E-state index in [0.29, 0.717) is 5.69 Å². The van der Waals surface area contributed by atoms with E-state index in [1.54, 1.807) is 12.1 Å². The van der Waals surface area contributed by atoms with Crippen molar-refractivity contribution in [2.24, 2.45) is 5.73 Å². The minimum atomic E-state index is -0.769. The lowest BCUT2D eigenvalue weighted by Gasteiger charge is -2.01. The lowest BCUT2D eigenvalue weighted by molar-refractivity contribution is 0.0598. The lowest BCUT2D eigenvalue weighted by Crippen LogP contribution is -2.17. The maximum Gasteiger partial charge on any atom is 0.342 e. The number of H-pyrrole nitrogens is 1. The highest BCUT2D eigenvalue weighted by Crippen LogP contribution is 2.30. The molecule has 0 saturated heterocycles. The molecule has 1 heterocycles. The van der Waals surface area contributed by atoms with Crippen molar-refractivity contribution in [3.05, 3.63) is 41.6 Å². The Bertz CT molecular complexity index is 632. The average molecular weight is 259 g/mol. The van der Waals surface area contributed by atoms with Crippen LogP contribution in [0, 0.1) is 0 Å². The molecule has 0 saturated carbocycles. The van der Waals surface area contributed by atoms with E-state index in [0.717, 1.165) is 5.56 Å². The molecule has 6 heteroatoms. The normalized spacial score (nSPS) is 10.2. The van der Waals surface area contributed by atoms with Crippen LogP contribution in [0.5, 0.6) is 0 Å². The van der Waals surface area contributed by atoms with E-state index >= 15 is 0 Å². The number of carbonyl (C=O) groups excluding carboxylic acids is 2. The van der Waals surface area contributed by atoms with Gasteiger partial charge >= 0.3 is 5.97 Å². The third kappa shape index (κ3) is 2.15. The number of nitrogen functional groups attached to an aromatic ring is 1. The summed E-state index contributed by atoms with van der Waals surface area (Å²) in [6, 6.07) is 9.08. The molecule has 2 aromatic rings. The molecule has 0 atom stereocenters. The summed E-state index contributed by atoms with van der Waals surface area (Å²) in [5, 5.41) is 0. The minimum absolute atomic E-state index is 0.0335. The molecular formula is C13H13N3O3. The molecule has 0 spiro atoms. The van der Waals surface area contributed by atoms with Crippen LogP contribution in [0.1, 0.15) is 20.8 Å². The summed E-state index contributed by atoms with van der Waals surface area (Å²) >= 11 is 0. The van der Waals surface area contributed by atoms with E-state index in [1.807, 2.05) is 18.2 Å². The molecule has 6 nitrogen and oxygen atoms in total. The van der Waals surface area contributed by atoms with Crippen LogP contribution in [0.15, 0.2) is 30.3 Å². The summed E-state index contributed by atoms with van der Waals surface area (Å²) in [6.07, 6.45) is 0. The number of aromatic nitrogens is 1. The van der Waals surface area contributed by atoms with Gasteiger partial charge in [0.2, 0.25) is 0 Å². The minimum Gasteiger partial charge on any atom is -0.465 e. The molecule has 0 bridgehead atoms. The molecule has 0 aliphatic heterocycles. The summed E-state index contributed by atoms with van der Waals surface area (Å²) < 4.78 is 4.61. The van der Waals surface area contributed by atoms with Gasteiger partial charge in [-0.05, 0) is 0 Å². The monoisotopic (exact) mass is 259 g/mol. The van der Waals surface area contributed by atoms with Crippen LogP contribution in [-0.4, -0.2) is 24.0 Å². The van der Waals surface area contributed by atoms with Gasteiger partial charge in [-0.3, -0.25) is 4.79 Å². The Morgan fingerprint density at radius 1 is 1.21 bits per heavy atom. The molecular weight excluding hydrogens is 246 g/mol. The van der Waals surface area contributed by atoms with Crippen LogP contribution in [0.4, 0.5) is 5.69 Å². The number of aromatic amines is 1. The van der Waals surface area contributed by atoms with Crippen molar-refractivity contribution in [1.29, 1.82) is 0 Å². The maximum atomic E-state index is 11.7. The van der Waals surface area contributed by atoms with Crippen molar-refractivity contribution < 1.29 is 14.3 Å². The Morgan fingerprint density at radius 2 is 1.84 bits per heavy atom. The van der Waals surface area contributed by atoms with Crippen molar-refractivity contribution in [2.45, 2.75) is 0 Å². The SMILES string of the molecule is COC(=O)c1c(C(N)=O)[nH]c(-c2ccccc2)c1N. The Labute approximate surface area is 109 Å². The number of nitrogens with two attached hydrogens (primary N) is 2. The zero-order chi connectivity index (χ0) is 14.0. The summed E-state index contributed by atoms with van der Waals surface area (Å²) in [5.41, 5.74) is 12.4. The quantitative estimate of drug-likeness (QED) is 0.718. The van der Waals surface area contributed by atoms with Gasteiger partial charge in [0.05, 0.1) is 18.5 Å². The van der Waals surface area contributed by atoms with Gasteiger partial charge in [0.1, 0.15) is 11.3 Å². The first kappa shape index (κ1) is 12.7. The van der Waals surface area contributed by atoms with E-state index in [2.05, 4.69) is 9.72 Å². The number of benzene rings is 1. The van der Waals surface area contributed by atoms with Gasteiger partial charge in [-0.1, -0.05) is 30.3 Å². The number of esters is 1. The van der Waals surface area contributed by atoms with E-state index in [9.17, 15) is 9.59 Å². The van der Waals surface area contributed by atoms with Crippen LogP contribution in [-0.2, 0) is 4.74 Å². The maximum absolute atomic E-state index is 11.7. The smallest absolute Gasteiger partial charge is 0.342 e. The first-order valence-corrected chi connectivity index (χ1v) is 5.51. The summed E-state index contributed by atoms with van der Waals surface area (Å²) in [7, 11) is 1.21. The second-order valence-electron chi connectivity index (χ2n) is 3.89. The number of hydrogen-bond acceptors (Lipinski definition) is 4. The summed E-state index contributed by atoms with van der Waals surface area (Å²) in [5.74, 6) is -1.47. The van der Waals surface area contributed by atoms with Crippen LogP contribution in [0.3, 0.4) is 0 Å². The van der Waals surface area contributed by atoms with E-state index in [-0.39, 0.29) is 16.9 Å². The molecule has 98 valence electrons. The fourth-order valence-corrected chi connectivity index (χ4v) is 1.85. The topological polar surface area (TPSA) is 111 Å². The standard InChI is InChI=1S/C13H13N3O3/c1-19-13(18)8-9(14)10(16-11(8)12(15)17)7-5-3-2-4-6-7/h2-6,16H,14H2,1H3,(H2,15,17). The number of rotatable bonds is 3. The Hall–Kier alpha value is -2.76. The van der Waals surface area contributed by atoms with E-state index < -0.39 is 11.9 Å². The first-order chi connectivity index (χ1) is 9.06. The molecule has 1 aromatic heterocycles. The van der Waals surface area contributed by atoms with Crippen molar-refractivity contribution in [2.75, 3.05) is 12.8 Å². The van der Waals surface area contributed by atoms with Crippen molar-refractivity contribution >= 4 is 17.6 Å². The van der Waals surface area contributed by atoms with E-state index in [4.69, 9.17) is 11.5 Å². The van der Waals surface area contributed by atoms with Gasteiger partial charge in [0, 0.05) is 5.56 Å². The molecule has 0 fully saturated rings. The van der Waals surface area contributed by atoms with Crippen LogP contribution in [0.2, 0.25) is 0 Å². The van der Waals surface area contributed by atoms with Gasteiger partial charge in [-0.2, -0.15) is 0 Å². The average Bonchev–Trinajstić information content (AvgIpc) is 2.77. The van der Waals surface area contributed by atoms with Crippen LogP contribution in [0.25, 0.3) is 11.3 Å². The third-order valence-corrected chi connectivity index (χ3v) is 2.74. The highest BCUT2D eigenvalue weighted by Gasteiger charge is 2.25. The molecule has 0 aliphatic carbocycles. The number of anilines is 1. The first-order valence-electron chi connectivity index (χ1n) is 5.51. The Balaban J connectivity index is 2.66.